The lowest BCUT2D eigenvalue weighted by Gasteiger charge is -2.27. The lowest BCUT2D eigenvalue weighted by Crippen LogP contribution is -2.30. The number of amides is 1. The fraction of sp³-hybridized carbons (Fsp3) is 0.400. The van der Waals surface area contributed by atoms with Gasteiger partial charge in [-0.3, -0.25) is 9.48 Å². The molecule has 3 aromatic heterocycles. The highest BCUT2D eigenvalue weighted by atomic mass is 16.1. The lowest BCUT2D eigenvalue weighted by molar-refractivity contribution is 0.0950. The van der Waals surface area contributed by atoms with Gasteiger partial charge in [0.25, 0.3) is 5.91 Å². The number of carbonyl (C=O) groups excluding carboxylic acids is 1. The Morgan fingerprint density at radius 3 is 2.81 bits per heavy atom. The molecule has 0 saturated carbocycles. The lowest BCUT2D eigenvalue weighted by atomic mass is 10.1. The molecule has 0 bridgehead atoms. The van der Waals surface area contributed by atoms with Gasteiger partial charge in [0.1, 0.15) is 5.82 Å². The van der Waals surface area contributed by atoms with Crippen molar-refractivity contribution in [2.45, 2.75) is 32.7 Å². The summed E-state index contributed by atoms with van der Waals surface area (Å²) < 4.78 is 1.73. The van der Waals surface area contributed by atoms with Gasteiger partial charge >= 0.3 is 0 Å². The third kappa shape index (κ3) is 3.63. The van der Waals surface area contributed by atoms with Crippen molar-refractivity contribution >= 4 is 22.8 Å². The summed E-state index contributed by atoms with van der Waals surface area (Å²) in [7, 11) is 1.85. The minimum absolute atomic E-state index is 0.135. The number of fused-ring (bicyclic) bond motifs is 1. The number of pyridine rings is 2. The summed E-state index contributed by atoms with van der Waals surface area (Å²) in [5.41, 5.74) is 3.24. The number of nitrogens with one attached hydrogen (secondary N) is 1. The van der Waals surface area contributed by atoms with Crippen LogP contribution in [0.4, 0.5) is 5.82 Å². The predicted octanol–water partition coefficient (Wildman–Crippen LogP) is 2.59. The molecule has 1 saturated heterocycles. The Hall–Kier alpha value is -2.96. The van der Waals surface area contributed by atoms with Crippen molar-refractivity contribution in [1.82, 2.24) is 25.1 Å². The number of nitrogens with zero attached hydrogens (tertiary/aromatic N) is 5. The molecule has 140 valence electrons. The molecule has 1 aliphatic rings. The molecule has 1 fully saturated rings. The summed E-state index contributed by atoms with van der Waals surface area (Å²) >= 11 is 0. The first kappa shape index (κ1) is 17.5. The number of hydrogen-bond acceptors (Lipinski definition) is 5. The summed E-state index contributed by atoms with van der Waals surface area (Å²) in [6, 6.07) is 5.87. The highest BCUT2D eigenvalue weighted by Gasteiger charge is 2.14. The molecule has 0 spiro atoms. The van der Waals surface area contributed by atoms with Gasteiger partial charge in [-0.15, -0.1) is 0 Å². The van der Waals surface area contributed by atoms with Crippen molar-refractivity contribution in [3.05, 3.63) is 47.4 Å². The monoisotopic (exact) mass is 364 g/mol. The fourth-order valence-electron chi connectivity index (χ4n) is 3.58. The van der Waals surface area contributed by atoms with Gasteiger partial charge < -0.3 is 10.2 Å². The van der Waals surface area contributed by atoms with Crippen LogP contribution in [-0.2, 0) is 13.6 Å². The number of carbonyl (C=O) groups is 1. The molecule has 4 rings (SSSR count). The highest BCUT2D eigenvalue weighted by Crippen LogP contribution is 2.19. The second-order valence-electron chi connectivity index (χ2n) is 7.06. The van der Waals surface area contributed by atoms with E-state index in [1.54, 1.807) is 10.9 Å². The van der Waals surface area contributed by atoms with Crippen LogP contribution in [0.15, 0.2) is 30.6 Å². The maximum absolute atomic E-state index is 12.6. The molecule has 7 nitrogen and oxygen atoms in total. The molecule has 1 amide bonds. The Labute approximate surface area is 158 Å². The molecular formula is C20H24N6O. The van der Waals surface area contributed by atoms with E-state index in [9.17, 15) is 4.79 Å². The van der Waals surface area contributed by atoms with Gasteiger partial charge in [0.15, 0.2) is 5.65 Å². The summed E-state index contributed by atoms with van der Waals surface area (Å²) in [4.78, 5) is 23.7. The zero-order valence-corrected chi connectivity index (χ0v) is 15.8. The number of aromatic nitrogens is 4. The molecule has 0 aliphatic carbocycles. The zero-order chi connectivity index (χ0) is 18.8. The maximum atomic E-state index is 12.6. The quantitative estimate of drug-likeness (QED) is 0.770. The van der Waals surface area contributed by atoms with E-state index in [0.29, 0.717) is 12.1 Å². The summed E-state index contributed by atoms with van der Waals surface area (Å²) in [6.45, 7) is 4.49. The Bertz CT molecular complexity index is 974. The molecule has 1 aliphatic heterocycles. The molecule has 0 radical (unpaired) electrons. The van der Waals surface area contributed by atoms with Gasteiger partial charge in [0.05, 0.1) is 11.3 Å². The van der Waals surface area contributed by atoms with Gasteiger partial charge in [-0.05, 0) is 49.9 Å². The molecule has 0 aromatic carbocycles. The van der Waals surface area contributed by atoms with E-state index in [2.05, 4.69) is 31.3 Å². The van der Waals surface area contributed by atoms with Gasteiger partial charge in [0, 0.05) is 44.5 Å². The van der Waals surface area contributed by atoms with Crippen LogP contribution < -0.4 is 10.2 Å². The van der Waals surface area contributed by atoms with Crippen LogP contribution in [-0.4, -0.2) is 38.7 Å². The zero-order valence-electron chi connectivity index (χ0n) is 15.8. The summed E-state index contributed by atoms with van der Waals surface area (Å²) in [6.07, 6.45) is 7.14. The molecule has 3 aromatic rings. The molecule has 4 heterocycles. The van der Waals surface area contributed by atoms with Crippen molar-refractivity contribution in [2.75, 3.05) is 18.0 Å². The predicted molar refractivity (Wildman–Crippen MR) is 105 cm³/mol. The standard InChI is InChI=1S/C20H24N6O/c1-14-17-11-16(13-22-19(17)25(2)24-14)20(27)23-12-15-6-7-21-18(10-15)26-8-4-3-5-9-26/h6-7,10-11,13H,3-5,8-9,12H2,1-2H3,(H,23,27). The Balaban J connectivity index is 1.45. The fourth-order valence-corrected chi connectivity index (χ4v) is 3.58. The number of aryl methyl sites for hydroxylation is 2. The van der Waals surface area contributed by atoms with E-state index in [1.807, 2.05) is 32.3 Å². The Kier molecular flexibility index (Phi) is 4.75. The van der Waals surface area contributed by atoms with Gasteiger partial charge in [-0.1, -0.05) is 0 Å². The van der Waals surface area contributed by atoms with E-state index in [-0.39, 0.29) is 5.91 Å². The van der Waals surface area contributed by atoms with Gasteiger partial charge in [-0.25, -0.2) is 9.97 Å². The number of anilines is 1. The molecule has 27 heavy (non-hydrogen) atoms. The topological polar surface area (TPSA) is 75.9 Å². The minimum atomic E-state index is -0.135. The van der Waals surface area contributed by atoms with Crippen molar-refractivity contribution in [3.8, 4) is 0 Å². The van der Waals surface area contributed by atoms with Crippen molar-refractivity contribution in [1.29, 1.82) is 0 Å². The average molecular weight is 364 g/mol. The average Bonchev–Trinajstić information content (AvgIpc) is 3.00. The first-order chi connectivity index (χ1) is 13.1. The van der Waals surface area contributed by atoms with Crippen LogP contribution >= 0.6 is 0 Å². The van der Waals surface area contributed by atoms with Crippen LogP contribution in [0, 0.1) is 6.92 Å². The van der Waals surface area contributed by atoms with E-state index < -0.39 is 0 Å². The van der Waals surface area contributed by atoms with E-state index in [1.165, 1.54) is 19.3 Å². The van der Waals surface area contributed by atoms with Crippen LogP contribution in [0.1, 0.15) is 40.9 Å². The molecular weight excluding hydrogens is 340 g/mol. The molecule has 0 unspecified atom stereocenters. The highest BCUT2D eigenvalue weighted by molar-refractivity contribution is 5.97. The second-order valence-corrected chi connectivity index (χ2v) is 7.06. The van der Waals surface area contributed by atoms with Crippen molar-refractivity contribution in [2.24, 2.45) is 7.05 Å². The number of piperidine rings is 1. The van der Waals surface area contributed by atoms with Crippen LogP contribution in [0.2, 0.25) is 0 Å². The first-order valence-corrected chi connectivity index (χ1v) is 9.39. The third-order valence-corrected chi connectivity index (χ3v) is 5.07. The number of hydrogen-bond donors (Lipinski definition) is 1. The third-order valence-electron chi connectivity index (χ3n) is 5.07. The maximum Gasteiger partial charge on any atom is 0.253 e. The minimum Gasteiger partial charge on any atom is -0.357 e. The van der Waals surface area contributed by atoms with E-state index in [4.69, 9.17) is 0 Å². The molecule has 7 heteroatoms. The largest absolute Gasteiger partial charge is 0.357 e. The van der Waals surface area contributed by atoms with Crippen molar-refractivity contribution < 1.29 is 4.79 Å². The van der Waals surface area contributed by atoms with E-state index in [0.717, 1.165) is 41.2 Å². The van der Waals surface area contributed by atoms with Crippen LogP contribution in [0.3, 0.4) is 0 Å². The SMILES string of the molecule is Cc1nn(C)c2ncc(C(=O)NCc3ccnc(N4CCCCC4)c3)cc12. The van der Waals surface area contributed by atoms with E-state index >= 15 is 0 Å². The van der Waals surface area contributed by atoms with Gasteiger partial charge in [-0.2, -0.15) is 5.10 Å². The van der Waals surface area contributed by atoms with Crippen molar-refractivity contribution in [3.63, 3.8) is 0 Å². The number of rotatable bonds is 4. The second kappa shape index (κ2) is 7.34. The summed E-state index contributed by atoms with van der Waals surface area (Å²) in [5.74, 6) is 0.861. The van der Waals surface area contributed by atoms with Crippen LogP contribution in [0.5, 0.6) is 0 Å². The van der Waals surface area contributed by atoms with Gasteiger partial charge in [0.2, 0.25) is 0 Å². The molecule has 1 N–H and O–H groups in total. The smallest absolute Gasteiger partial charge is 0.253 e. The summed E-state index contributed by atoms with van der Waals surface area (Å²) in [5, 5.41) is 8.24. The normalized spacial score (nSPS) is 14.5. The molecule has 0 atom stereocenters. The Morgan fingerprint density at radius 1 is 1.19 bits per heavy atom. The Morgan fingerprint density at radius 2 is 2.00 bits per heavy atom. The van der Waals surface area contributed by atoms with Crippen LogP contribution in [0.25, 0.3) is 11.0 Å². The first-order valence-electron chi connectivity index (χ1n) is 9.39.